The number of carbonyl (C=O) groups is 2. The number of rotatable bonds is 7. The topological polar surface area (TPSA) is 70.1 Å². The summed E-state index contributed by atoms with van der Waals surface area (Å²) >= 11 is 4.74. The molecule has 0 bridgehead atoms. The van der Waals surface area contributed by atoms with Gasteiger partial charge in [0.2, 0.25) is 0 Å². The number of thiol groups is 1. The number of ketones is 1. The second-order valence-electron chi connectivity index (χ2n) is 9.04. The number of piperidine rings is 1. The largest absolute Gasteiger partial charge is 0.468 e. The number of β-amino-alcohol motifs (C(OH)–C–C–N with tert-alkyl or cyclic N) is 1. The van der Waals surface area contributed by atoms with Gasteiger partial charge in [0, 0.05) is 49.3 Å². The molecule has 0 radical (unpaired) electrons. The number of esters is 1. The Balaban J connectivity index is 0.00000204. The van der Waals surface area contributed by atoms with Gasteiger partial charge in [0.1, 0.15) is 11.9 Å². The molecular formula is C24H33Cl2FN2O4S. The molecule has 1 aromatic rings. The van der Waals surface area contributed by atoms with Crippen LogP contribution in [0.5, 0.6) is 0 Å². The summed E-state index contributed by atoms with van der Waals surface area (Å²) in [5, 5.41) is 10.1. The molecule has 190 valence electrons. The number of aliphatic hydroxyl groups excluding tert-OH is 1. The summed E-state index contributed by atoms with van der Waals surface area (Å²) in [6, 6.07) is 5.49. The van der Waals surface area contributed by atoms with Gasteiger partial charge in [-0.05, 0) is 30.9 Å². The Bertz CT molecular complexity index is 901. The molecule has 0 amide bonds. The first kappa shape index (κ1) is 29.1. The standard InChI is InChI=1S/C24H31FN2O4S.2ClH/c1-31-24(30)20-12-17(28)14-26(20)10-8-16-13-27(11-9-21(16)32)22(23(29)15-6-7-15)18-4-2-3-5-19(18)25;;/h2-5,8,15,17,20-22,28,32H,6-7,9-14H2,1H3;2*1H/b16-8+;;/t17-,20+,21?,22?;;/m1../s1. The third-order valence-corrected chi connectivity index (χ3v) is 7.35. The van der Waals surface area contributed by atoms with Gasteiger partial charge < -0.3 is 9.84 Å². The summed E-state index contributed by atoms with van der Waals surface area (Å²) in [7, 11) is 1.35. The van der Waals surface area contributed by atoms with E-state index >= 15 is 0 Å². The molecule has 2 aliphatic heterocycles. The summed E-state index contributed by atoms with van der Waals surface area (Å²) in [5.41, 5.74) is 1.49. The van der Waals surface area contributed by atoms with E-state index < -0.39 is 18.2 Å². The molecule has 1 aromatic carbocycles. The van der Waals surface area contributed by atoms with Crippen molar-refractivity contribution in [2.75, 3.05) is 33.3 Å². The number of hydrogen-bond donors (Lipinski definition) is 2. The molecule has 2 heterocycles. The van der Waals surface area contributed by atoms with E-state index in [1.165, 1.54) is 13.2 Å². The molecule has 4 atom stereocenters. The van der Waals surface area contributed by atoms with Crippen LogP contribution in [0.1, 0.15) is 37.3 Å². The predicted octanol–water partition coefficient (Wildman–Crippen LogP) is 3.23. The van der Waals surface area contributed by atoms with Crippen molar-refractivity contribution in [2.45, 2.75) is 49.1 Å². The normalized spacial score (nSPS) is 27.5. The first-order chi connectivity index (χ1) is 15.4. The van der Waals surface area contributed by atoms with E-state index in [4.69, 9.17) is 17.4 Å². The first-order valence-corrected chi connectivity index (χ1v) is 11.8. The van der Waals surface area contributed by atoms with Crippen LogP contribution in [0.3, 0.4) is 0 Å². The van der Waals surface area contributed by atoms with E-state index in [-0.39, 0.29) is 53.6 Å². The van der Waals surface area contributed by atoms with E-state index in [0.29, 0.717) is 38.2 Å². The minimum absolute atomic E-state index is 0. The number of aliphatic hydroxyl groups is 1. The van der Waals surface area contributed by atoms with Crippen molar-refractivity contribution in [1.82, 2.24) is 9.80 Å². The number of hydrogen-bond acceptors (Lipinski definition) is 7. The summed E-state index contributed by atoms with van der Waals surface area (Å²) in [6.45, 7) is 2.07. The van der Waals surface area contributed by atoms with Crippen molar-refractivity contribution in [3.05, 3.63) is 47.3 Å². The van der Waals surface area contributed by atoms with Gasteiger partial charge in [-0.15, -0.1) is 24.8 Å². The highest BCUT2D eigenvalue weighted by Gasteiger charge is 2.41. The molecule has 2 unspecified atom stereocenters. The second kappa shape index (κ2) is 12.7. The average Bonchev–Trinajstić information content (AvgIpc) is 3.57. The van der Waals surface area contributed by atoms with E-state index in [1.807, 2.05) is 11.0 Å². The maximum atomic E-state index is 14.7. The highest BCUT2D eigenvalue weighted by atomic mass is 35.5. The van der Waals surface area contributed by atoms with E-state index in [2.05, 4.69) is 4.90 Å². The minimum atomic E-state index is -0.593. The highest BCUT2D eigenvalue weighted by molar-refractivity contribution is 7.81. The van der Waals surface area contributed by atoms with Crippen LogP contribution in [-0.2, 0) is 14.3 Å². The number of benzene rings is 1. The third kappa shape index (κ3) is 6.53. The van der Waals surface area contributed by atoms with Crippen LogP contribution in [0.15, 0.2) is 35.9 Å². The SMILES string of the molecule is COC(=O)[C@@H]1C[C@@H](O)CN1C/C=C1\CN(C(C(=O)C2CC2)c2ccccc2F)CCC1S.Cl.Cl. The average molecular weight is 536 g/mol. The molecule has 4 rings (SSSR count). The van der Waals surface area contributed by atoms with Gasteiger partial charge in [-0.2, -0.15) is 12.6 Å². The quantitative estimate of drug-likeness (QED) is 0.318. The molecule has 0 aromatic heterocycles. The van der Waals surface area contributed by atoms with Crippen molar-refractivity contribution in [2.24, 2.45) is 5.92 Å². The maximum Gasteiger partial charge on any atom is 0.323 e. The number of halogens is 3. The van der Waals surface area contributed by atoms with Gasteiger partial charge in [-0.1, -0.05) is 24.3 Å². The molecule has 3 fully saturated rings. The number of Topliss-reactive ketones (excluding diaryl/α,β-unsaturated/α-hetero) is 1. The molecule has 0 spiro atoms. The second-order valence-corrected chi connectivity index (χ2v) is 9.66. The van der Waals surface area contributed by atoms with E-state index in [1.54, 1.807) is 18.2 Å². The van der Waals surface area contributed by atoms with Crippen LogP contribution in [0.2, 0.25) is 0 Å². The number of likely N-dealkylation sites (tertiary alicyclic amines) is 2. The Morgan fingerprint density at radius 1 is 1.26 bits per heavy atom. The van der Waals surface area contributed by atoms with Gasteiger partial charge in [0.15, 0.2) is 5.78 Å². The van der Waals surface area contributed by atoms with Crippen LogP contribution in [0.4, 0.5) is 4.39 Å². The van der Waals surface area contributed by atoms with Crippen molar-refractivity contribution in [3.63, 3.8) is 0 Å². The lowest BCUT2D eigenvalue weighted by Gasteiger charge is -2.38. The van der Waals surface area contributed by atoms with Gasteiger partial charge in [-0.3, -0.25) is 19.4 Å². The zero-order valence-electron chi connectivity index (χ0n) is 19.1. The lowest BCUT2D eigenvalue weighted by atomic mass is 9.93. The minimum Gasteiger partial charge on any atom is -0.468 e. The zero-order chi connectivity index (χ0) is 22.8. The lowest BCUT2D eigenvalue weighted by Crippen LogP contribution is -2.43. The van der Waals surface area contributed by atoms with Crippen LogP contribution < -0.4 is 0 Å². The fourth-order valence-electron chi connectivity index (χ4n) is 4.83. The van der Waals surface area contributed by atoms with E-state index in [0.717, 1.165) is 24.8 Å². The first-order valence-electron chi connectivity index (χ1n) is 11.3. The van der Waals surface area contributed by atoms with Crippen molar-refractivity contribution in [3.8, 4) is 0 Å². The Morgan fingerprint density at radius 3 is 2.62 bits per heavy atom. The number of methoxy groups -OCH3 is 1. The fraction of sp³-hybridized carbons (Fsp3) is 0.583. The summed E-state index contributed by atoms with van der Waals surface area (Å²) in [6.07, 6.45) is 4.34. The molecular weight excluding hydrogens is 502 g/mol. The Hall–Kier alpha value is -1.16. The van der Waals surface area contributed by atoms with Gasteiger partial charge in [0.05, 0.1) is 19.3 Å². The molecule has 6 nitrogen and oxygen atoms in total. The molecule has 1 aliphatic carbocycles. The van der Waals surface area contributed by atoms with E-state index in [9.17, 15) is 19.1 Å². The predicted molar refractivity (Wildman–Crippen MR) is 136 cm³/mol. The third-order valence-electron chi connectivity index (χ3n) is 6.76. The van der Waals surface area contributed by atoms with Gasteiger partial charge in [0.25, 0.3) is 0 Å². The van der Waals surface area contributed by atoms with Crippen molar-refractivity contribution >= 4 is 49.2 Å². The zero-order valence-corrected chi connectivity index (χ0v) is 21.7. The van der Waals surface area contributed by atoms with Crippen LogP contribution in [-0.4, -0.2) is 77.3 Å². The summed E-state index contributed by atoms with van der Waals surface area (Å²) < 4.78 is 19.6. The summed E-state index contributed by atoms with van der Waals surface area (Å²) in [4.78, 5) is 29.2. The van der Waals surface area contributed by atoms with Crippen LogP contribution in [0, 0.1) is 11.7 Å². The molecule has 10 heteroatoms. The molecule has 1 N–H and O–H groups in total. The number of nitrogens with zero attached hydrogens (tertiary/aromatic N) is 2. The van der Waals surface area contributed by atoms with Gasteiger partial charge in [-0.25, -0.2) is 4.39 Å². The smallest absolute Gasteiger partial charge is 0.323 e. The Kier molecular flexibility index (Phi) is 10.9. The van der Waals surface area contributed by atoms with Crippen LogP contribution >= 0.6 is 37.4 Å². The molecule has 34 heavy (non-hydrogen) atoms. The lowest BCUT2D eigenvalue weighted by molar-refractivity contribution is -0.145. The van der Waals surface area contributed by atoms with Crippen LogP contribution in [0.25, 0.3) is 0 Å². The van der Waals surface area contributed by atoms with Crippen molar-refractivity contribution in [1.29, 1.82) is 0 Å². The molecule has 3 aliphatic rings. The van der Waals surface area contributed by atoms with Crippen molar-refractivity contribution < 1.29 is 23.8 Å². The highest BCUT2D eigenvalue weighted by Crippen LogP contribution is 2.39. The number of carbonyl (C=O) groups excluding carboxylic acids is 2. The Morgan fingerprint density at radius 2 is 1.97 bits per heavy atom. The monoisotopic (exact) mass is 534 g/mol. The molecule has 1 saturated carbocycles. The summed E-state index contributed by atoms with van der Waals surface area (Å²) in [5.74, 6) is -0.576. The fourth-order valence-corrected chi connectivity index (χ4v) is 5.13. The number of ether oxygens (including phenoxy) is 1. The Labute approximate surface area is 218 Å². The van der Waals surface area contributed by atoms with Gasteiger partial charge >= 0.3 is 5.97 Å². The molecule has 2 saturated heterocycles. The maximum absolute atomic E-state index is 14.7.